The molecule has 0 unspecified atom stereocenters. The average molecular weight is 261 g/mol. The standard InChI is InChI=1S/C14H19N3O2/c1-15-12-6-4-3-5-11(12)14(19)17(2)9-13(18)16-10-7-8-10/h3-6,10,15H,7-9H2,1-2H3,(H,16,18). The van der Waals surface area contributed by atoms with Crippen LogP contribution >= 0.6 is 0 Å². The Morgan fingerprint density at radius 3 is 2.63 bits per heavy atom. The molecule has 0 heterocycles. The van der Waals surface area contributed by atoms with E-state index in [9.17, 15) is 9.59 Å². The second-order valence-corrected chi connectivity index (χ2v) is 4.80. The zero-order valence-electron chi connectivity index (χ0n) is 11.3. The molecule has 2 N–H and O–H groups in total. The maximum Gasteiger partial charge on any atom is 0.256 e. The van der Waals surface area contributed by atoms with Crippen LogP contribution in [0.4, 0.5) is 5.69 Å². The third kappa shape index (κ3) is 3.47. The summed E-state index contributed by atoms with van der Waals surface area (Å²) >= 11 is 0. The molecular formula is C14H19N3O2. The molecule has 2 rings (SSSR count). The molecule has 1 aliphatic rings. The van der Waals surface area contributed by atoms with Gasteiger partial charge in [0.25, 0.3) is 5.91 Å². The van der Waals surface area contributed by atoms with E-state index in [1.54, 1.807) is 20.2 Å². The van der Waals surface area contributed by atoms with Crippen molar-refractivity contribution >= 4 is 17.5 Å². The number of nitrogens with one attached hydrogen (secondary N) is 2. The molecule has 102 valence electrons. The molecule has 5 nitrogen and oxygen atoms in total. The highest BCUT2D eigenvalue weighted by Gasteiger charge is 2.24. The highest BCUT2D eigenvalue weighted by molar-refractivity contribution is 6.00. The molecule has 0 spiro atoms. The molecule has 1 aromatic carbocycles. The van der Waals surface area contributed by atoms with Crippen molar-refractivity contribution in [3.63, 3.8) is 0 Å². The van der Waals surface area contributed by atoms with E-state index in [4.69, 9.17) is 0 Å². The van der Waals surface area contributed by atoms with Gasteiger partial charge in [-0.2, -0.15) is 0 Å². The van der Waals surface area contributed by atoms with E-state index >= 15 is 0 Å². The van der Waals surface area contributed by atoms with E-state index in [-0.39, 0.29) is 18.4 Å². The second kappa shape index (κ2) is 5.73. The Kier molecular flexibility index (Phi) is 4.04. The van der Waals surface area contributed by atoms with Crippen molar-refractivity contribution in [2.24, 2.45) is 0 Å². The quantitative estimate of drug-likeness (QED) is 0.833. The molecule has 19 heavy (non-hydrogen) atoms. The summed E-state index contributed by atoms with van der Waals surface area (Å²) in [4.78, 5) is 25.4. The van der Waals surface area contributed by atoms with Crippen molar-refractivity contribution in [3.05, 3.63) is 29.8 Å². The molecule has 0 aliphatic heterocycles. The number of hydrogen-bond acceptors (Lipinski definition) is 3. The van der Waals surface area contributed by atoms with Crippen LogP contribution in [0.25, 0.3) is 0 Å². The van der Waals surface area contributed by atoms with Crippen LogP contribution in [-0.2, 0) is 4.79 Å². The van der Waals surface area contributed by atoms with Crippen LogP contribution < -0.4 is 10.6 Å². The number of para-hydroxylation sites is 1. The fourth-order valence-electron chi connectivity index (χ4n) is 1.88. The van der Waals surface area contributed by atoms with Gasteiger partial charge in [-0.15, -0.1) is 0 Å². The molecule has 0 atom stereocenters. The van der Waals surface area contributed by atoms with Crippen molar-refractivity contribution in [2.75, 3.05) is 26.0 Å². The van der Waals surface area contributed by atoms with E-state index in [0.29, 0.717) is 11.6 Å². The van der Waals surface area contributed by atoms with Crippen LogP contribution in [0.2, 0.25) is 0 Å². The fraction of sp³-hybridized carbons (Fsp3) is 0.429. The lowest BCUT2D eigenvalue weighted by Gasteiger charge is -2.18. The van der Waals surface area contributed by atoms with Crippen molar-refractivity contribution < 1.29 is 9.59 Å². The smallest absolute Gasteiger partial charge is 0.256 e. The normalized spacial score (nSPS) is 13.8. The Morgan fingerprint density at radius 2 is 2.00 bits per heavy atom. The average Bonchev–Trinajstić information content (AvgIpc) is 3.21. The Labute approximate surface area is 113 Å². The van der Waals surface area contributed by atoms with Gasteiger partial charge >= 0.3 is 0 Å². The fourth-order valence-corrected chi connectivity index (χ4v) is 1.88. The molecule has 2 amide bonds. The maximum atomic E-state index is 12.3. The number of carbonyl (C=O) groups is 2. The SMILES string of the molecule is CNc1ccccc1C(=O)N(C)CC(=O)NC1CC1. The molecule has 1 aromatic rings. The summed E-state index contributed by atoms with van der Waals surface area (Å²) in [6, 6.07) is 7.59. The molecule has 1 saturated carbocycles. The zero-order chi connectivity index (χ0) is 13.8. The largest absolute Gasteiger partial charge is 0.387 e. The summed E-state index contributed by atoms with van der Waals surface area (Å²) in [6.07, 6.45) is 2.10. The van der Waals surface area contributed by atoms with Gasteiger partial charge in [-0.3, -0.25) is 9.59 Å². The van der Waals surface area contributed by atoms with Gasteiger partial charge in [0.05, 0.1) is 12.1 Å². The van der Waals surface area contributed by atoms with E-state index in [2.05, 4.69) is 10.6 Å². The van der Waals surface area contributed by atoms with E-state index in [0.717, 1.165) is 18.5 Å². The summed E-state index contributed by atoms with van der Waals surface area (Å²) in [6.45, 7) is 0.0907. The summed E-state index contributed by atoms with van der Waals surface area (Å²) in [5, 5.41) is 5.85. The summed E-state index contributed by atoms with van der Waals surface area (Å²) in [7, 11) is 3.41. The zero-order valence-corrected chi connectivity index (χ0v) is 11.3. The number of nitrogens with zero attached hydrogens (tertiary/aromatic N) is 1. The molecule has 5 heteroatoms. The Bertz CT molecular complexity index is 483. The van der Waals surface area contributed by atoms with Gasteiger partial charge in [0.2, 0.25) is 5.91 Å². The minimum absolute atomic E-state index is 0.0907. The minimum Gasteiger partial charge on any atom is -0.387 e. The first kappa shape index (κ1) is 13.4. The van der Waals surface area contributed by atoms with Crippen LogP contribution in [-0.4, -0.2) is 43.4 Å². The second-order valence-electron chi connectivity index (χ2n) is 4.80. The third-order valence-corrected chi connectivity index (χ3v) is 3.10. The Morgan fingerprint density at radius 1 is 1.32 bits per heavy atom. The summed E-state index contributed by atoms with van der Waals surface area (Å²) in [5.74, 6) is -0.254. The monoisotopic (exact) mass is 261 g/mol. The van der Waals surface area contributed by atoms with Crippen molar-refractivity contribution in [3.8, 4) is 0 Å². The molecule has 1 aliphatic carbocycles. The first-order valence-corrected chi connectivity index (χ1v) is 6.43. The van der Waals surface area contributed by atoms with E-state index in [1.165, 1.54) is 4.90 Å². The molecule has 0 bridgehead atoms. The number of benzene rings is 1. The van der Waals surface area contributed by atoms with Crippen LogP contribution in [0.5, 0.6) is 0 Å². The molecular weight excluding hydrogens is 242 g/mol. The van der Waals surface area contributed by atoms with E-state index < -0.39 is 0 Å². The summed E-state index contributed by atoms with van der Waals surface area (Å²) in [5.41, 5.74) is 1.34. The van der Waals surface area contributed by atoms with Gasteiger partial charge in [-0.1, -0.05) is 12.1 Å². The predicted molar refractivity (Wildman–Crippen MR) is 74.1 cm³/mol. The third-order valence-electron chi connectivity index (χ3n) is 3.10. The van der Waals surface area contributed by atoms with Crippen LogP contribution in [0, 0.1) is 0 Å². The predicted octanol–water partition coefficient (Wildman–Crippen LogP) is 1.08. The van der Waals surface area contributed by atoms with Gasteiger partial charge in [0.15, 0.2) is 0 Å². The van der Waals surface area contributed by atoms with Gasteiger partial charge in [-0.25, -0.2) is 0 Å². The number of likely N-dealkylation sites (N-methyl/N-ethyl adjacent to an activating group) is 1. The van der Waals surface area contributed by atoms with E-state index in [1.807, 2.05) is 18.2 Å². The minimum atomic E-state index is -0.157. The van der Waals surface area contributed by atoms with Crippen LogP contribution in [0.15, 0.2) is 24.3 Å². The first-order chi connectivity index (χ1) is 9.11. The first-order valence-electron chi connectivity index (χ1n) is 6.43. The van der Waals surface area contributed by atoms with Crippen LogP contribution in [0.3, 0.4) is 0 Å². The lowest BCUT2D eigenvalue weighted by Crippen LogP contribution is -2.39. The number of rotatable bonds is 5. The van der Waals surface area contributed by atoms with Crippen LogP contribution in [0.1, 0.15) is 23.2 Å². The highest BCUT2D eigenvalue weighted by atomic mass is 16.2. The number of anilines is 1. The Balaban J connectivity index is 1.99. The van der Waals surface area contributed by atoms with Crippen molar-refractivity contribution in [1.82, 2.24) is 10.2 Å². The number of hydrogen-bond donors (Lipinski definition) is 2. The lowest BCUT2D eigenvalue weighted by molar-refractivity contribution is -0.121. The molecule has 0 aromatic heterocycles. The van der Waals surface area contributed by atoms with Crippen molar-refractivity contribution in [1.29, 1.82) is 0 Å². The molecule has 0 saturated heterocycles. The number of carbonyl (C=O) groups excluding carboxylic acids is 2. The molecule has 0 radical (unpaired) electrons. The van der Waals surface area contributed by atoms with Gasteiger partial charge in [-0.05, 0) is 25.0 Å². The molecule has 1 fully saturated rings. The topological polar surface area (TPSA) is 61.4 Å². The highest BCUT2D eigenvalue weighted by Crippen LogP contribution is 2.19. The van der Waals surface area contributed by atoms with Gasteiger partial charge in [0.1, 0.15) is 0 Å². The van der Waals surface area contributed by atoms with Gasteiger partial charge < -0.3 is 15.5 Å². The van der Waals surface area contributed by atoms with Crippen molar-refractivity contribution in [2.45, 2.75) is 18.9 Å². The lowest BCUT2D eigenvalue weighted by atomic mass is 10.1. The van der Waals surface area contributed by atoms with Gasteiger partial charge in [0, 0.05) is 25.8 Å². The number of amides is 2. The Hall–Kier alpha value is -2.04. The summed E-state index contributed by atoms with van der Waals surface area (Å²) < 4.78 is 0. The maximum absolute atomic E-state index is 12.3.